The summed E-state index contributed by atoms with van der Waals surface area (Å²) in [6.07, 6.45) is 2.07. The molecule has 1 heterocycles. The van der Waals surface area contributed by atoms with Gasteiger partial charge in [-0.15, -0.1) is 0 Å². The first-order valence-electron chi connectivity index (χ1n) is 10.0. The molecule has 0 unspecified atom stereocenters. The van der Waals surface area contributed by atoms with Crippen molar-refractivity contribution in [2.75, 3.05) is 25.7 Å². The molecule has 10 heteroatoms. The van der Waals surface area contributed by atoms with Crippen LogP contribution in [-0.2, 0) is 40.1 Å². The minimum Gasteiger partial charge on any atom is -0.463 e. The summed E-state index contributed by atoms with van der Waals surface area (Å²) in [5, 5.41) is 0. The normalized spacial score (nSPS) is 12.0. The van der Waals surface area contributed by atoms with Gasteiger partial charge in [0.15, 0.2) is 9.84 Å². The molecule has 0 aliphatic rings. The van der Waals surface area contributed by atoms with Crippen molar-refractivity contribution in [3.05, 3.63) is 71.9 Å². The number of aromatic nitrogens is 1. The van der Waals surface area contributed by atoms with Gasteiger partial charge in [0.25, 0.3) is 10.1 Å². The zero-order valence-corrected chi connectivity index (χ0v) is 20.1. The average molecular weight is 492 g/mol. The van der Waals surface area contributed by atoms with Crippen molar-refractivity contribution >= 4 is 25.9 Å². The smallest absolute Gasteiger partial charge is 0.310 e. The van der Waals surface area contributed by atoms with Crippen LogP contribution in [0.25, 0.3) is 16.9 Å². The van der Waals surface area contributed by atoms with E-state index in [9.17, 15) is 21.6 Å². The van der Waals surface area contributed by atoms with Crippen LogP contribution in [0.4, 0.5) is 0 Å². The van der Waals surface area contributed by atoms with Gasteiger partial charge in [-0.1, -0.05) is 30.3 Å². The zero-order chi connectivity index (χ0) is 24.2. The number of carbonyl (C=O) groups excluding carboxylic acids is 1. The van der Waals surface area contributed by atoms with Gasteiger partial charge < -0.3 is 9.30 Å². The number of nitrogens with zero attached hydrogens (tertiary/aromatic N) is 1. The lowest BCUT2D eigenvalue weighted by atomic mass is 10.1. The molecule has 176 valence electrons. The molecule has 0 aliphatic heterocycles. The number of para-hydroxylation sites is 1. The van der Waals surface area contributed by atoms with Crippen LogP contribution in [-0.4, -0.2) is 53.1 Å². The Kier molecular flexibility index (Phi) is 7.41. The summed E-state index contributed by atoms with van der Waals surface area (Å²) in [7, 11) is -6.92. The summed E-state index contributed by atoms with van der Waals surface area (Å²) in [5.41, 5.74) is 4.03. The third kappa shape index (κ3) is 6.53. The molecule has 0 atom stereocenters. The summed E-state index contributed by atoms with van der Waals surface area (Å²) >= 11 is 0. The molecule has 33 heavy (non-hydrogen) atoms. The lowest BCUT2D eigenvalue weighted by molar-refractivity contribution is -0.143. The standard InChI is InChI=1S/C23H25NO7S2/c1-17-19(16-23(25)30-13-14-31-33(3,28)29)15-22(24(17)20-7-5-4-6-8-20)18-9-11-21(12-10-18)32(2,26)27/h4-12,15H,13-14,16H2,1-3H3. The second-order valence-electron chi connectivity index (χ2n) is 7.53. The molecule has 2 aromatic carbocycles. The Hall–Kier alpha value is -2.95. The Bertz CT molecular complexity index is 1340. The lowest BCUT2D eigenvalue weighted by Gasteiger charge is -2.13. The maximum Gasteiger partial charge on any atom is 0.310 e. The van der Waals surface area contributed by atoms with Gasteiger partial charge in [0, 0.05) is 17.6 Å². The van der Waals surface area contributed by atoms with Crippen molar-refractivity contribution in [2.24, 2.45) is 0 Å². The van der Waals surface area contributed by atoms with Gasteiger partial charge >= 0.3 is 5.97 Å². The first-order valence-corrected chi connectivity index (χ1v) is 13.7. The van der Waals surface area contributed by atoms with Gasteiger partial charge in [0.1, 0.15) is 13.2 Å². The second kappa shape index (κ2) is 9.90. The molecular weight excluding hydrogens is 466 g/mol. The van der Waals surface area contributed by atoms with Crippen molar-refractivity contribution < 1.29 is 30.6 Å². The van der Waals surface area contributed by atoms with Crippen LogP contribution in [0.5, 0.6) is 0 Å². The molecule has 3 aromatic rings. The molecule has 0 saturated heterocycles. The minimum absolute atomic E-state index is 0.0149. The largest absolute Gasteiger partial charge is 0.463 e. The molecule has 0 radical (unpaired) electrons. The number of rotatable bonds is 9. The number of carbonyl (C=O) groups is 1. The fraction of sp³-hybridized carbons (Fsp3) is 0.261. The predicted octanol–water partition coefficient (Wildman–Crippen LogP) is 2.92. The fourth-order valence-electron chi connectivity index (χ4n) is 3.38. The van der Waals surface area contributed by atoms with Crippen molar-refractivity contribution in [1.82, 2.24) is 4.57 Å². The third-order valence-electron chi connectivity index (χ3n) is 4.92. The SMILES string of the molecule is Cc1c(CC(=O)OCCOS(C)(=O)=O)cc(-c2ccc(S(C)(=O)=O)cc2)n1-c1ccccc1. The Morgan fingerprint density at radius 2 is 1.55 bits per heavy atom. The van der Waals surface area contributed by atoms with Gasteiger partial charge in [-0.2, -0.15) is 8.42 Å². The lowest BCUT2D eigenvalue weighted by Crippen LogP contribution is -2.15. The van der Waals surface area contributed by atoms with Crippen LogP contribution < -0.4 is 0 Å². The van der Waals surface area contributed by atoms with Gasteiger partial charge in [-0.25, -0.2) is 8.42 Å². The number of benzene rings is 2. The Balaban J connectivity index is 1.90. The van der Waals surface area contributed by atoms with E-state index < -0.39 is 25.9 Å². The van der Waals surface area contributed by atoms with E-state index in [1.165, 1.54) is 0 Å². The summed E-state index contributed by atoms with van der Waals surface area (Å²) in [5.74, 6) is -0.514. The summed E-state index contributed by atoms with van der Waals surface area (Å²) in [6, 6.07) is 18.0. The number of ether oxygens (including phenoxy) is 1. The molecule has 3 rings (SSSR count). The van der Waals surface area contributed by atoms with E-state index in [-0.39, 0.29) is 24.5 Å². The Morgan fingerprint density at radius 3 is 2.12 bits per heavy atom. The van der Waals surface area contributed by atoms with Gasteiger partial charge in [0.2, 0.25) is 0 Å². The van der Waals surface area contributed by atoms with Crippen LogP contribution in [0.2, 0.25) is 0 Å². The van der Waals surface area contributed by atoms with Gasteiger partial charge in [0.05, 0.1) is 23.3 Å². The van der Waals surface area contributed by atoms with Crippen LogP contribution in [0, 0.1) is 6.92 Å². The van der Waals surface area contributed by atoms with E-state index in [0.717, 1.165) is 40.7 Å². The first kappa shape index (κ1) is 24.7. The number of sulfone groups is 1. The molecular formula is C23H25NO7S2. The van der Waals surface area contributed by atoms with Crippen molar-refractivity contribution in [3.8, 4) is 16.9 Å². The molecule has 8 nitrogen and oxygen atoms in total. The second-order valence-corrected chi connectivity index (χ2v) is 11.2. The van der Waals surface area contributed by atoms with E-state index in [1.807, 2.05) is 47.9 Å². The highest BCUT2D eigenvalue weighted by Crippen LogP contribution is 2.30. The molecule has 0 amide bonds. The van der Waals surface area contributed by atoms with Crippen LogP contribution in [0.1, 0.15) is 11.3 Å². The number of esters is 1. The summed E-state index contributed by atoms with van der Waals surface area (Å²) < 4.78 is 57.3. The van der Waals surface area contributed by atoms with E-state index in [2.05, 4.69) is 4.18 Å². The molecule has 0 saturated carbocycles. The fourth-order valence-corrected chi connectivity index (χ4v) is 4.38. The quantitative estimate of drug-likeness (QED) is 0.257. The predicted molar refractivity (Wildman–Crippen MR) is 125 cm³/mol. The maximum atomic E-state index is 12.3. The molecule has 0 fully saturated rings. The Morgan fingerprint density at radius 1 is 0.909 bits per heavy atom. The highest BCUT2D eigenvalue weighted by atomic mass is 32.2. The Labute approximate surface area is 193 Å². The van der Waals surface area contributed by atoms with Crippen LogP contribution in [0.15, 0.2) is 65.6 Å². The van der Waals surface area contributed by atoms with Crippen molar-refractivity contribution in [3.63, 3.8) is 0 Å². The minimum atomic E-state index is -3.60. The van der Waals surface area contributed by atoms with E-state index >= 15 is 0 Å². The van der Waals surface area contributed by atoms with Crippen LogP contribution >= 0.6 is 0 Å². The first-order chi connectivity index (χ1) is 15.5. The van der Waals surface area contributed by atoms with Crippen LogP contribution in [0.3, 0.4) is 0 Å². The highest BCUT2D eigenvalue weighted by molar-refractivity contribution is 7.90. The van der Waals surface area contributed by atoms with Gasteiger partial charge in [-0.05, 0) is 48.4 Å². The molecule has 0 aliphatic carbocycles. The van der Waals surface area contributed by atoms with Crippen molar-refractivity contribution in [2.45, 2.75) is 18.2 Å². The van der Waals surface area contributed by atoms with Crippen molar-refractivity contribution in [1.29, 1.82) is 0 Å². The summed E-state index contributed by atoms with van der Waals surface area (Å²) in [6.45, 7) is 1.47. The monoisotopic (exact) mass is 491 g/mol. The van der Waals surface area contributed by atoms with E-state index in [0.29, 0.717) is 0 Å². The molecule has 0 N–H and O–H groups in total. The molecule has 0 bridgehead atoms. The summed E-state index contributed by atoms with van der Waals surface area (Å²) in [4.78, 5) is 12.6. The van der Waals surface area contributed by atoms with E-state index in [1.54, 1.807) is 24.3 Å². The average Bonchev–Trinajstić information content (AvgIpc) is 3.06. The third-order valence-corrected chi connectivity index (χ3v) is 6.65. The van der Waals surface area contributed by atoms with E-state index in [4.69, 9.17) is 4.74 Å². The maximum absolute atomic E-state index is 12.3. The number of hydrogen-bond donors (Lipinski definition) is 0. The van der Waals surface area contributed by atoms with Gasteiger partial charge in [-0.3, -0.25) is 8.98 Å². The highest BCUT2D eigenvalue weighted by Gasteiger charge is 2.18. The molecule has 0 spiro atoms. The zero-order valence-electron chi connectivity index (χ0n) is 18.5. The topological polar surface area (TPSA) is 109 Å². The number of hydrogen-bond acceptors (Lipinski definition) is 7. The molecule has 1 aromatic heterocycles.